The number of benzene rings is 1. The highest BCUT2D eigenvalue weighted by Gasteiger charge is 2.50. The molecule has 1 N–H and O–H groups in total. The molecule has 1 aliphatic carbocycles. The van der Waals surface area contributed by atoms with Crippen LogP contribution in [-0.2, 0) is 9.59 Å². The maximum absolute atomic E-state index is 13.2. The number of hydrogen-bond acceptors (Lipinski definition) is 6. The van der Waals surface area contributed by atoms with Gasteiger partial charge >= 0.3 is 0 Å². The highest BCUT2D eigenvalue weighted by atomic mass is 32.1. The second-order valence-corrected chi connectivity index (χ2v) is 9.51. The zero-order valence-electron chi connectivity index (χ0n) is 17.8. The van der Waals surface area contributed by atoms with Crippen LogP contribution in [-0.4, -0.2) is 47.9 Å². The number of likely N-dealkylation sites (N-methyl/N-ethyl adjacent to an activating group) is 1. The quantitative estimate of drug-likeness (QED) is 0.441. The zero-order chi connectivity index (χ0) is 21.7. The molecule has 2 aromatic rings. The predicted octanol–water partition coefficient (Wildman–Crippen LogP) is 4.25. The molecule has 5 rings (SSSR count). The molecule has 1 aromatic heterocycles. The van der Waals surface area contributed by atoms with E-state index in [2.05, 4.69) is 4.90 Å². The predicted molar refractivity (Wildman–Crippen MR) is 121 cm³/mol. The Morgan fingerprint density at radius 3 is 2.68 bits per heavy atom. The van der Waals surface area contributed by atoms with Gasteiger partial charge in [0.2, 0.25) is 0 Å². The largest absolute Gasteiger partial charge is 0.507 e. The van der Waals surface area contributed by atoms with Crippen molar-refractivity contribution in [1.82, 2.24) is 4.90 Å². The van der Waals surface area contributed by atoms with Crippen LogP contribution in [0.5, 0.6) is 5.75 Å². The summed E-state index contributed by atoms with van der Waals surface area (Å²) in [5.74, 6) is -0.449. The number of likely N-dealkylation sites (tertiary alicyclic amines) is 1. The van der Waals surface area contributed by atoms with E-state index in [0.29, 0.717) is 12.2 Å². The van der Waals surface area contributed by atoms with Gasteiger partial charge in [0.25, 0.3) is 11.7 Å². The molecule has 3 heterocycles. The van der Waals surface area contributed by atoms with Gasteiger partial charge in [-0.3, -0.25) is 9.59 Å². The summed E-state index contributed by atoms with van der Waals surface area (Å²) >= 11 is 1.53. The molecule has 7 heteroatoms. The first-order chi connectivity index (χ1) is 15.0. The number of ether oxygens (including phenoxy) is 1. The summed E-state index contributed by atoms with van der Waals surface area (Å²) in [7, 11) is 1.97. The minimum absolute atomic E-state index is 0.0383. The van der Waals surface area contributed by atoms with E-state index in [4.69, 9.17) is 4.74 Å². The number of amides is 1. The van der Waals surface area contributed by atoms with Gasteiger partial charge in [-0.1, -0.05) is 12.8 Å². The molecule has 3 aliphatic rings. The van der Waals surface area contributed by atoms with Crippen LogP contribution >= 0.6 is 11.3 Å². The molecular formula is C24H26N2O4S. The fourth-order valence-corrected chi connectivity index (χ4v) is 6.02. The molecule has 0 spiro atoms. The third kappa shape index (κ3) is 3.22. The van der Waals surface area contributed by atoms with Crippen molar-refractivity contribution >= 4 is 34.5 Å². The van der Waals surface area contributed by atoms with Gasteiger partial charge in [0.05, 0.1) is 17.8 Å². The molecule has 0 bridgehead atoms. The maximum atomic E-state index is 13.2. The summed E-state index contributed by atoms with van der Waals surface area (Å²) in [4.78, 5) is 31.1. The molecule has 1 amide bonds. The van der Waals surface area contributed by atoms with Gasteiger partial charge in [-0.25, -0.2) is 0 Å². The van der Waals surface area contributed by atoms with E-state index < -0.39 is 17.7 Å². The van der Waals surface area contributed by atoms with Crippen molar-refractivity contribution in [2.24, 2.45) is 0 Å². The summed E-state index contributed by atoms with van der Waals surface area (Å²) < 4.78 is 5.71. The normalized spacial score (nSPS) is 23.4. The highest BCUT2D eigenvalue weighted by molar-refractivity contribution is 7.10. The number of ketones is 1. The molecule has 2 fully saturated rings. The Kier molecular flexibility index (Phi) is 5.01. The molecule has 1 atom stereocenters. The lowest BCUT2D eigenvalue weighted by Gasteiger charge is -2.30. The highest BCUT2D eigenvalue weighted by Crippen LogP contribution is 2.46. The molecule has 1 unspecified atom stereocenters. The van der Waals surface area contributed by atoms with Gasteiger partial charge in [-0.15, -0.1) is 11.3 Å². The van der Waals surface area contributed by atoms with Crippen LogP contribution < -0.4 is 9.64 Å². The molecule has 1 saturated heterocycles. The Labute approximate surface area is 185 Å². The van der Waals surface area contributed by atoms with Crippen molar-refractivity contribution in [2.75, 3.05) is 25.1 Å². The lowest BCUT2D eigenvalue weighted by molar-refractivity contribution is -0.141. The first kappa shape index (κ1) is 20.1. The fraction of sp³-hybridized carbons (Fsp3) is 0.417. The number of Topliss-reactive ketones (excluding diaryl/α,β-unsaturated/α-hetero) is 1. The van der Waals surface area contributed by atoms with E-state index in [9.17, 15) is 14.7 Å². The van der Waals surface area contributed by atoms with E-state index in [1.165, 1.54) is 11.3 Å². The number of aliphatic hydroxyl groups excluding tert-OH is 1. The summed E-state index contributed by atoms with van der Waals surface area (Å²) in [6.07, 6.45) is 3.91. The van der Waals surface area contributed by atoms with Crippen molar-refractivity contribution in [1.29, 1.82) is 0 Å². The summed E-state index contributed by atoms with van der Waals surface area (Å²) in [6.45, 7) is 3.35. The Balaban J connectivity index is 1.66. The number of carbonyl (C=O) groups is 2. The van der Waals surface area contributed by atoms with Crippen LogP contribution in [0, 0.1) is 6.92 Å². The minimum Gasteiger partial charge on any atom is -0.507 e. The van der Waals surface area contributed by atoms with Crippen molar-refractivity contribution in [2.45, 2.75) is 44.7 Å². The lowest BCUT2D eigenvalue weighted by Crippen LogP contribution is -2.37. The van der Waals surface area contributed by atoms with Gasteiger partial charge in [0.15, 0.2) is 0 Å². The Bertz CT molecular complexity index is 1080. The number of anilines is 1. The average Bonchev–Trinajstić information content (AvgIpc) is 3.49. The Morgan fingerprint density at radius 1 is 1.19 bits per heavy atom. The van der Waals surface area contributed by atoms with Crippen LogP contribution in [0.1, 0.15) is 47.7 Å². The number of aliphatic hydroxyl groups is 1. The standard InChI is InChI=1S/C24H26N2O4S/c1-14-9-12-31-23(14)20-19(22(28)24(29)26(20)16-5-3-4-6-16)21(27)15-7-8-18-17(13-15)25(2)10-11-30-18/h7-9,12-13,16,20,27H,3-6,10-11H2,1-2H3/b21-19-. The third-order valence-corrected chi connectivity index (χ3v) is 7.75. The van der Waals surface area contributed by atoms with Gasteiger partial charge in [-0.05, 0) is 55.0 Å². The molecule has 31 heavy (non-hydrogen) atoms. The Morgan fingerprint density at radius 2 is 1.97 bits per heavy atom. The molecule has 162 valence electrons. The minimum atomic E-state index is -0.593. The van der Waals surface area contributed by atoms with Crippen molar-refractivity contribution < 1.29 is 19.4 Å². The Hall–Kier alpha value is -2.80. The number of fused-ring (bicyclic) bond motifs is 1. The van der Waals surface area contributed by atoms with Gasteiger partial charge in [0.1, 0.15) is 24.2 Å². The monoisotopic (exact) mass is 438 g/mol. The van der Waals surface area contributed by atoms with Gasteiger partial charge < -0.3 is 19.6 Å². The summed E-state index contributed by atoms with van der Waals surface area (Å²) in [6, 6.07) is 6.92. The van der Waals surface area contributed by atoms with Crippen molar-refractivity contribution in [3.63, 3.8) is 0 Å². The molecule has 1 saturated carbocycles. The first-order valence-electron chi connectivity index (χ1n) is 10.8. The molecular weight excluding hydrogens is 412 g/mol. The van der Waals surface area contributed by atoms with E-state index in [-0.39, 0.29) is 17.4 Å². The third-order valence-electron chi connectivity index (χ3n) is 6.68. The summed E-state index contributed by atoms with van der Waals surface area (Å²) in [5, 5.41) is 13.3. The molecule has 6 nitrogen and oxygen atoms in total. The zero-order valence-corrected chi connectivity index (χ0v) is 18.6. The number of aryl methyl sites for hydroxylation is 1. The lowest BCUT2D eigenvalue weighted by atomic mass is 9.97. The van der Waals surface area contributed by atoms with Crippen LogP contribution in [0.2, 0.25) is 0 Å². The second kappa shape index (κ2) is 7.71. The number of thiophene rings is 1. The first-order valence-corrected chi connectivity index (χ1v) is 11.7. The van der Waals surface area contributed by atoms with E-state index in [1.54, 1.807) is 11.0 Å². The van der Waals surface area contributed by atoms with Crippen LogP contribution in [0.15, 0.2) is 35.2 Å². The second-order valence-electron chi connectivity index (χ2n) is 8.57. The van der Waals surface area contributed by atoms with Crippen LogP contribution in [0.3, 0.4) is 0 Å². The van der Waals surface area contributed by atoms with Crippen LogP contribution in [0.4, 0.5) is 5.69 Å². The SMILES string of the molecule is Cc1ccsc1C1/C(=C(/O)c2ccc3c(c2)N(C)CCO3)C(=O)C(=O)N1C1CCCC1. The van der Waals surface area contributed by atoms with Crippen LogP contribution in [0.25, 0.3) is 5.76 Å². The molecule has 0 radical (unpaired) electrons. The topological polar surface area (TPSA) is 70.1 Å². The van der Waals surface area contributed by atoms with Crippen molar-refractivity contribution in [3.8, 4) is 5.75 Å². The molecule has 2 aliphatic heterocycles. The van der Waals surface area contributed by atoms with E-state index in [0.717, 1.165) is 54.1 Å². The number of nitrogens with zero attached hydrogens (tertiary/aromatic N) is 2. The van der Waals surface area contributed by atoms with Crippen molar-refractivity contribution in [3.05, 3.63) is 51.2 Å². The smallest absolute Gasteiger partial charge is 0.295 e. The molecule has 1 aromatic carbocycles. The van der Waals surface area contributed by atoms with E-state index >= 15 is 0 Å². The van der Waals surface area contributed by atoms with E-state index in [1.807, 2.05) is 37.6 Å². The fourth-order valence-electron chi connectivity index (χ4n) is 4.98. The average molecular weight is 439 g/mol. The van der Waals surface area contributed by atoms with Gasteiger partial charge in [0, 0.05) is 23.5 Å². The number of rotatable bonds is 3. The number of hydrogen-bond donors (Lipinski definition) is 1. The summed E-state index contributed by atoms with van der Waals surface area (Å²) in [5.41, 5.74) is 2.62. The maximum Gasteiger partial charge on any atom is 0.295 e. The number of carbonyl (C=O) groups excluding carboxylic acids is 2. The van der Waals surface area contributed by atoms with Gasteiger partial charge in [-0.2, -0.15) is 0 Å².